The summed E-state index contributed by atoms with van der Waals surface area (Å²) in [6, 6.07) is 5.01. The van der Waals surface area contributed by atoms with Crippen LogP contribution in [0, 0.1) is 13.8 Å². The van der Waals surface area contributed by atoms with Gasteiger partial charge in [-0.3, -0.25) is 4.79 Å². The van der Waals surface area contributed by atoms with Gasteiger partial charge in [-0.05, 0) is 38.3 Å². The topological polar surface area (TPSA) is 57.6 Å². The van der Waals surface area contributed by atoms with Gasteiger partial charge in [-0.2, -0.15) is 0 Å². The Morgan fingerprint density at radius 1 is 1.33 bits per heavy atom. The highest BCUT2D eigenvalue weighted by molar-refractivity contribution is 5.98. The summed E-state index contributed by atoms with van der Waals surface area (Å²) in [5.41, 5.74) is 2.51. The van der Waals surface area contributed by atoms with Crippen LogP contribution >= 0.6 is 0 Å². The number of carboxylic acids is 1. The van der Waals surface area contributed by atoms with Crippen LogP contribution in [0.4, 0.5) is 0 Å². The average Bonchev–Trinajstić information content (AvgIpc) is 2.80. The molecule has 0 aliphatic carbocycles. The lowest BCUT2D eigenvalue weighted by atomic mass is 10.0. The molecule has 18 heavy (non-hydrogen) atoms. The minimum atomic E-state index is -0.911. The zero-order valence-electron chi connectivity index (χ0n) is 10.6. The molecule has 1 heterocycles. The molecular formula is C14H17NO3. The SMILES string of the molecule is Cc1ccc(C)c(C(=O)N2CCCC2C(=O)O)c1. The Labute approximate surface area is 106 Å². The van der Waals surface area contributed by atoms with Gasteiger partial charge in [0.15, 0.2) is 0 Å². The number of carbonyl (C=O) groups is 2. The van der Waals surface area contributed by atoms with Crippen molar-refractivity contribution in [3.63, 3.8) is 0 Å². The molecule has 1 amide bonds. The van der Waals surface area contributed by atoms with Gasteiger partial charge in [-0.25, -0.2) is 4.79 Å². The summed E-state index contributed by atoms with van der Waals surface area (Å²) in [6.45, 7) is 4.33. The predicted octanol–water partition coefficient (Wildman–Crippen LogP) is 1.99. The molecule has 4 nitrogen and oxygen atoms in total. The van der Waals surface area contributed by atoms with Gasteiger partial charge in [-0.15, -0.1) is 0 Å². The maximum atomic E-state index is 12.4. The van der Waals surface area contributed by atoms with E-state index in [0.29, 0.717) is 18.5 Å². The van der Waals surface area contributed by atoms with Crippen LogP contribution in [0.5, 0.6) is 0 Å². The number of hydrogen-bond donors (Lipinski definition) is 1. The first-order chi connectivity index (χ1) is 8.50. The third-order valence-electron chi connectivity index (χ3n) is 3.42. The Hall–Kier alpha value is -1.84. The summed E-state index contributed by atoms with van der Waals surface area (Å²) < 4.78 is 0. The van der Waals surface area contributed by atoms with Gasteiger partial charge in [0, 0.05) is 12.1 Å². The molecule has 0 aromatic heterocycles. The lowest BCUT2D eigenvalue weighted by Crippen LogP contribution is -2.40. The first kappa shape index (κ1) is 12.6. The van der Waals surface area contributed by atoms with Crippen molar-refractivity contribution in [2.45, 2.75) is 32.7 Å². The molecule has 0 bridgehead atoms. The summed E-state index contributed by atoms with van der Waals surface area (Å²) in [5.74, 6) is -1.08. The largest absolute Gasteiger partial charge is 0.480 e. The number of carbonyl (C=O) groups excluding carboxylic acids is 1. The molecule has 1 aliphatic rings. The number of benzene rings is 1. The van der Waals surface area contributed by atoms with Crippen molar-refractivity contribution in [2.75, 3.05) is 6.54 Å². The second-order valence-electron chi connectivity index (χ2n) is 4.81. The molecule has 1 fully saturated rings. The van der Waals surface area contributed by atoms with E-state index in [0.717, 1.165) is 17.5 Å². The summed E-state index contributed by atoms with van der Waals surface area (Å²) >= 11 is 0. The zero-order chi connectivity index (χ0) is 13.3. The minimum absolute atomic E-state index is 0.166. The number of rotatable bonds is 2. The van der Waals surface area contributed by atoms with Crippen molar-refractivity contribution in [3.05, 3.63) is 34.9 Å². The summed E-state index contributed by atoms with van der Waals surface area (Å²) in [4.78, 5) is 25.0. The summed E-state index contributed by atoms with van der Waals surface area (Å²) in [7, 11) is 0. The first-order valence-corrected chi connectivity index (χ1v) is 6.11. The van der Waals surface area contributed by atoms with Crippen LogP contribution < -0.4 is 0 Å². The van der Waals surface area contributed by atoms with E-state index in [-0.39, 0.29) is 5.91 Å². The fourth-order valence-corrected chi connectivity index (χ4v) is 2.39. The van der Waals surface area contributed by atoms with Gasteiger partial charge in [0.25, 0.3) is 5.91 Å². The Morgan fingerprint density at radius 2 is 2.06 bits per heavy atom. The molecule has 0 spiro atoms. The molecule has 1 unspecified atom stereocenters. The first-order valence-electron chi connectivity index (χ1n) is 6.11. The van der Waals surface area contributed by atoms with Crippen molar-refractivity contribution in [1.82, 2.24) is 4.90 Å². The Morgan fingerprint density at radius 3 is 2.72 bits per heavy atom. The second-order valence-corrected chi connectivity index (χ2v) is 4.81. The molecule has 1 N–H and O–H groups in total. The molecule has 0 radical (unpaired) electrons. The van der Waals surface area contributed by atoms with E-state index >= 15 is 0 Å². The molecule has 1 aliphatic heterocycles. The normalized spacial score (nSPS) is 19.0. The van der Waals surface area contributed by atoms with Crippen LogP contribution in [0.25, 0.3) is 0 Å². The molecular weight excluding hydrogens is 230 g/mol. The highest BCUT2D eigenvalue weighted by Gasteiger charge is 2.34. The molecule has 96 valence electrons. The van der Waals surface area contributed by atoms with Gasteiger partial charge in [0.2, 0.25) is 0 Å². The van der Waals surface area contributed by atoms with Gasteiger partial charge < -0.3 is 10.0 Å². The smallest absolute Gasteiger partial charge is 0.326 e. The standard InChI is InChI=1S/C14H17NO3/c1-9-5-6-10(2)11(8-9)13(16)15-7-3-4-12(15)14(17)18/h5-6,8,12H,3-4,7H2,1-2H3,(H,17,18). The Kier molecular flexibility index (Phi) is 3.36. The van der Waals surface area contributed by atoms with E-state index in [1.165, 1.54) is 4.90 Å². The zero-order valence-corrected chi connectivity index (χ0v) is 10.6. The lowest BCUT2D eigenvalue weighted by molar-refractivity contribution is -0.141. The lowest BCUT2D eigenvalue weighted by Gasteiger charge is -2.22. The summed E-state index contributed by atoms with van der Waals surface area (Å²) in [5, 5.41) is 9.11. The highest BCUT2D eigenvalue weighted by atomic mass is 16.4. The Bertz CT molecular complexity index is 496. The maximum Gasteiger partial charge on any atom is 0.326 e. The minimum Gasteiger partial charge on any atom is -0.480 e. The number of likely N-dealkylation sites (tertiary alicyclic amines) is 1. The monoisotopic (exact) mass is 247 g/mol. The van der Waals surface area contributed by atoms with Crippen LogP contribution in [0.15, 0.2) is 18.2 Å². The number of aliphatic carboxylic acids is 1. The van der Waals surface area contributed by atoms with E-state index in [1.807, 2.05) is 32.0 Å². The number of aryl methyl sites for hydroxylation is 2. The third-order valence-corrected chi connectivity index (χ3v) is 3.42. The highest BCUT2D eigenvalue weighted by Crippen LogP contribution is 2.22. The van der Waals surface area contributed by atoms with Crippen molar-refractivity contribution < 1.29 is 14.7 Å². The van der Waals surface area contributed by atoms with Gasteiger partial charge in [-0.1, -0.05) is 17.7 Å². The third kappa shape index (κ3) is 2.23. The second kappa shape index (κ2) is 4.80. The van der Waals surface area contributed by atoms with E-state index in [4.69, 9.17) is 5.11 Å². The van der Waals surface area contributed by atoms with E-state index < -0.39 is 12.0 Å². The average molecular weight is 247 g/mol. The van der Waals surface area contributed by atoms with Crippen molar-refractivity contribution in [2.24, 2.45) is 0 Å². The quantitative estimate of drug-likeness (QED) is 0.869. The predicted molar refractivity (Wildman–Crippen MR) is 67.6 cm³/mol. The number of amides is 1. The molecule has 1 saturated heterocycles. The molecule has 1 atom stereocenters. The van der Waals surface area contributed by atoms with E-state index in [1.54, 1.807) is 0 Å². The molecule has 1 aromatic carbocycles. The van der Waals surface area contributed by atoms with Gasteiger partial charge >= 0.3 is 5.97 Å². The van der Waals surface area contributed by atoms with Crippen molar-refractivity contribution >= 4 is 11.9 Å². The van der Waals surface area contributed by atoms with Gasteiger partial charge in [0.05, 0.1) is 0 Å². The molecule has 0 saturated carbocycles. The van der Waals surface area contributed by atoms with Crippen LogP contribution in [0.2, 0.25) is 0 Å². The van der Waals surface area contributed by atoms with Crippen molar-refractivity contribution in [3.8, 4) is 0 Å². The van der Waals surface area contributed by atoms with E-state index in [2.05, 4.69) is 0 Å². The van der Waals surface area contributed by atoms with Crippen LogP contribution in [-0.2, 0) is 4.79 Å². The number of carboxylic acid groups (broad SMARTS) is 1. The fraction of sp³-hybridized carbons (Fsp3) is 0.429. The van der Waals surface area contributed by atoms with Crippen LogP contribution in [0.1, 0.15) is 34.3 Å². The van der Waals surface area contributed by atoms with E-state index in [9.17, 15) is 9.59 Å². The maximum absolute atomic E-state index is 12.4. The summed E-state index contributed by atoms with van der Waals surface area (Å²) in [6.07, 6.45) is 1.31. The van der Waals surface area contributed by atoms with Gasteiger partial charge in [0.1, 0.15) is 6.04 Å². The molecule has 4 heteroatoms. The fourth-order valence-electron chi connectivity index (χ4n) is 2.39. The molecule has 2 rings (SSSR count). The molecule has 1 aromatic rings. The number of hydrogen-bond acceptors (Lipinski definition) is 2. The van der Waals surface area contributed by atoms with Crippen LogP contribution in [0.3, 0.4) is 0 Å². The van der Waals surface area contributed by atoms with Crippen molar-refractivity contribution in [1.29, 1.82) is 0 Å². The Balaban J connectivity index is 2.31. The van der Waals surface area contributed by atoms with Crippen LogP contribution in [-0.4, -0.2) is 34.5 Å². The number of nitrogens with zero attached hydrogens (tertiary/aromatic N) is 1.